The van der Waals surface area contributed by atoms with Gasteiger partial charge in [0.1, 0.15) is 0 Å². The summed E-state index contributed by atoms with van der Waals surface area (Å²) in [6, 6.07) is 8.39. The van der Waals surface area contributed by atoms with Crippen LogP contribution in [0.5, 0.6) is 0 Å². The van der Waals surface area contributed by atoms with E-state index in [4.69, 9.17) is 10.5 Å². The van der Waals surface area contributed by atoms with E-state index in [-0.39, 0.29) is 0 Å². The van der Waals surface area contributed by atoms with Crippen molar-refractivity contribution in [1.29, 1.82) is 0 Å². The predicted molar refractivity (Wildman–Crippen MR) is 78.2 cm³/mol. The molecule has 2 rings (SSSR count). The average molecular weight is 260 g/mol. The second-order valence-electron chi connectivity index (χ2n) is 4.49. The number of guanidine groups is 1. The summed E-state index contributed by atoms with van der Waals surface area (Å²) >= 11 is 0. The largest absolute Gasteiger partial charge is 0.383 e. The third-order valence-electron chi connectivity index (χ3n) is 2.86. The molecule has 1 heterocycles. The number of fused-ring (bicyclic) bond motifs is 1. The number of nitrogens with zero attached hydrogens (tertiary/aromatic N) is 1. The normalized spacial score (nSPS) is 12.0. The highest BCUT2D eigenvalue weighted by Gasteiger charge is 1.99. The van der Waals surface area contributed by atoms with E-state index in [9.17, 15) is 0 Å². The van der Waals surface area contributed by atoms with Gasteiger partial charge in [-0.1, -0.05) is 6.07 Å². The van der Waals surface area contributed by atoms with Gasteiger partial charge in [0.2, 0.25) is 0 Å². The molecule has 1 aromatic heterocycles. The van der Waals surface area contributed by atoms with Crippen molar-refractivity contribution < 1.29 is 4.74 Å². The second-order valence-corrected chi connectivity index (χ2v) is 4.49. The lowest BCUT2D eigenvalue weighted by molar-refractivity contribution is 0.204. The quantitative estimate of drug-likeness (QED) is 0.433. The Morgan fingerprint density at radius 1 is 1.42 bits per heavy atom. The molecule has 2 aromatic rings. The number of aromatic nitrogens is 1. The zero-order valence-corrected chi connectivity index (χ0v) is 11.4. The molecule has 19 heavy (non-hydrogen) atoms. The van der Waals surface area contributed by atoms with E-state index in [1.54, 1.807) is 7.11 Å². The summed E-state index contributed by atoms with van der Waals surface area (Å²) < 4.78 is 4.93. The number of aromatic amines is 1. The zero-order chi connectivity index (χ0) is 13.7. The van der Waals surface area contributed by atoms with Gasteiger partial charge in [0.05, 0.1) is 13.2 Å². The van der Waals surface area contributed by atoms with Gasteiger partial charge in [0.25, 0.3) is 0 Å². The number of ether oxygens (including phenoxy) is 1. The molecule has 0 spiro atoms. The second kappa shape index (κ2) is 6.24. The molecule has 102 valence electrons. The first-order chi connectivity index (χ1) is 9.19. The highest BCUT2D eigenvalue weighted by Crippen LogP contribution is 2.17. The van der Waals surface area contributed by atoms with E-state index in [0.29, 0.717) is 25.7 Å². The van der Waals surface area contributed by atoms with Crippen molar-refractivity contribution in [3.8, 4) is 0 Å². The van der Waals surface area contributed by atoms with Crippen molar-refractivity contribution in [2.45, 2.75) is 13.5 Å². The number of nitrogens with two attached hydrogens (primary N) is 1. The Labute approximate surface area is 112 Å². The molecule has 0 fully saturated rings. The van der Waals surface area contributed by atoms with Gasteiger partial charge >= 0.3 is 0 Å². The van der Waals surface area contributed by atoms with Crippen LogP contribution in [0, 0.1) is 6.92 Å². The maximum Gasteiger partial charge on any atom is 0.188 e. The summed E-state index contributed by atoms with van der Waals surface area (Å²) in [5.74, 6) is 0.447. The third kappa shape index (κ3) is 3.72. The van der Waals surface area contributed by atoms with Crippen LogP contribution >= 0.6 is 0 Å². The minimum absolute atomic E-state index is 0.447. The molecule has 0 saturated carbocycles. The average Bonchev–Trinajstić information content (AvgIpc) is 2.76. The fourth-order valence-electron chi connectivity index (χ4n) is 1.94. The standard InChI is InChI=1S/C14H20N4O/c1-10-7-12-8-11(3-4-13(12)18-10)9-17-14(15)16-5-6-19-2/h3-4,7-8,18H,5-6,9H2,1-2H3,(H3,15,16,17). The highest BCUT2D eigenvalue weighted by molar-refractivity contribution is 5.81. The van der Waals surface area contributed by atoms with Gasteiger partial charge in [-0.25, -0.2) is 4.99 Å². The number of hydrogen-bond acceptors (Lipinski definition) is 2. The summed E-state index contributed by atoms with van der Waals surface area (Å²) in [6.45, 7) is 3.91. The molecule has 0 aliphatic heterocycles. The van der Waals surface area contributed by atoms with Crippen molar-refractivity contribution >= 4 is 16.9 Å². The van der Waals surface area contributed by atoms with Crippen molar-refractivity contribution in [3.63, 3.8) is 0 Å². The van der Waals surface area contributed by atoms with E-state index in [2.05, 4.69) is 46.5 Å². The van der Waals surface area contributed by atoms with Crippen LogP contribution in [-0.2, 0) is 11.3 Å². The number of nitrogens with one attached hydrogen (secondary N) is 2. The van der Waals surface area contributed by atoms with E-state index < -0.39 is 0 Å². The Morgan fingerprint density at radius 3 is 3.05 bits per heavy atom. The fraction of sp³-hybridized carbons (Fsp3) is 0.357. The van der Waals surface area contributed by atoms with Gasteiger partial charge in [-0.2, -0.15) is 0 Å². The molecule has 0 aliphatic rings. The van der Waals surface area contributed by atoms with Crippen molar-refractivity contribution in [1.82, 2.24) is 10.3 Å². The fourth-order valence-corrected chi connectivity index (χ4v) is 1.94. The van der Waals surface area contributed by atoms with Crippen LogP contribution in [-0.4, -0.2) is 31.2 Å². The van der Waals surface area contributed by atoms with E-state index in [1.165, 1.54) is 5.39 Å². The lowest BCUT2D eigenvalue weighted by atomic mass is 10.1. The first-order valence-electron chi connectivity index (χ1n) is 6.30. The minimum atomic E-state index is 0.447. The lowest BCUT2D eigenvalue weighted by Gasteiger charge is -2.04. The van der Waals surface area contributed by atoms with Gasteiger partial charge in [-0.3, -0.25) is 0 Å². The summed E-state index contributed by atoms with van der Waals surface area (Å²) in [5.41, 5.74) is 9.21. The molecule has 0 aliphatic carbocycles. The molecule has 0 radical (unpaired) electrons. The summed E-state index contributed by atoms with van der Waals surface area (Å²) in [6.07, 6.45) is 0. The van der Waals surface area contributed by atoms with Crippen molar-refractivity contribution in [2.24, 2.45) is 10.7 Å². The van der Waals surface area contributed by atoms with Gasteiger partial charge in [-0.15, -0.1) is 0 Å². The van der Waals surface area contributed by atoms with E-state index in [0.717, 1.165) is 16.8 Å². The summed E-state index contributed by atoms with van der Waals surface area (Å²) in [4.78, 5) is 7.60. The summed E-state index contributed by atoms with van der Waals surface area (Å²) in [7, 11) is 1.66. The Bertz CT molecular complexity index is 574. The molecular formula is C14H20N4O. The monoisotopic (exact) mass is 260 g/mol. The molecule has 0 bridgehead atoms. The number of hydrogen-bond donors (Lipinski definition) is 3. The van der Waals surface area contributed by atoms with Gasteiger partial charge in [0, 0.05) is 24.9 Å². The van der Waals surface area contributed by atoms with Crippen LogP contribution in [0.3, 0.4) is 0 Å². The molecule has 5 heteroatoms. The molecule has 0 atom stereocenters. The van der Waals surface area contributed by atoms with Crippen LogP contribution in [0.1, 0.15) is 11.3 Å². The van der Waals surface area contributed by atoms with Crippen molar-refractivity contribution in [2.75, 3.05) is 20.3 Å². The number of aliphatic imine (C=N–C) groups is 1. The Kier molecular flexibility index (Phi) is 4.41. The van der Waals surface area contributed by atoms with E-state index >= 15 is 0 Å². The van der Waals surface area contributed by atoms with E-state index in [1.807, 2.05) is 0 Å². The maximum atomic E-state index is 5.76. The molecule has 0 unspecified atom stereocenters. The van der Waals surface area contributed by atoms with Crippen LogP contribution in [0.2, 0.25) is 0 Å². The number of rotatable bonds is 5. The molecule has 5 nitrogen and oxygen atoms in total. The minimum Gasteiger partial charge on any atom is -0.383 e. The smallest absolute Gasteiger partial charge is 0.188 e. The van der Waals surface area contributed by atoms with Crippen LogP contribution in [0.25, 0.3) is 10.9 Å². The zero-order valence-electron chi connectivity index (χ0n) is 11.4. The number of methoxy groups -OCH3 is 1. The third-order valence-corrected chi connectivity index (χ3v) is 2.86. The van der Waals surface area contributed by atoms with Crippen LogP contribution in [0.15, 0.2) is 29.3 Å². The highest BCUT2D eigenvalue weighted by atomic mass is 16.5. The Balaban J connectivity index is 1.98. The molecule has 4 N–H and O–H groups in total. The van der Waals surface area contributed by atoms with Crippen LogP contribution < -0.4 is 11.1 Å². The molecule has 1 aromatic carbocycles. The SMILES string of the molecule is COCCNC(N)=NCc1ccc2[nH]c(C)cc2c1. The van der Waals surface area contributed by atoms with Gasteiger partial charge in [0.15, 0.2) is 5.96 Å². The van der Waals surface area contributed by atoms with Crippen molar-refractivity contribution in [3.05, 3.63) is 35.5 Å². The molecule has 0 saturated heterocycles. The van der Waals surface area contributed by atoms with Gasteiger partial charge < -0.3 is 20.8 Å². The number of H-pyrrole nitrogens is 1. The maximum absolute atomic E-state index is 5.76. The Hall–Kier alpha value is -2.01. The first kappa shape index (κ1) is 13.4. The predicted octanol–water partition coefficient (Wildman–Crippen LogP) is 1.53. The summed E-state index contributed by atoms with van der Waals surface area (Å²) in [5, 5.41) is 4.20. The molecule has 0 amide bonds. The topological polar surface area (TPSA) is 75.4 Å². The van der Waals surface area contributed by atoms with Crippen LogP contribution in [0.4, 0.5) is 0 Å². The van der Waals surface area contributed by atoms with Gasteiger partial charge in [-0.05, 0) is 36.1 Å². The number of aryl methyl sites for hydroxylation is 1. The Morgan fingerprint density at radius 2 is 2.26 bits per heavy atom. The first-order valence-corrected chi connectivity index (χ1v) is 6.30. The number of benzene rings is 1. The lowest BCUT2D eigenvalue weighted by Crippen LogP contribution is -2.34. The molecular weight excluding hydrogens is 240 g/mol.